The van der Waals surface area contributed by atoms with Crippen molar-refractivity contribution in [3.05, 3.63) is 53.7 Å². The van der Waals surface area contributed by atoms with Crippen LogP contribution in [0.2, 0.25) is 0 Å². The van der Waals surface area contributed by atoms with Crippen molar-refractivity contribution in [3.63, 3.8) is 0 Å². The van der Waals surface area contributed by atoms with Gasteiger partial charge >= 0.3 is 6.18 Å². The Kier molecular flexibility index (Phi) is 5.91. The molecule has 0 radical (unpaired) electrons. The van der Waals surface area contributed by atoms with E-state index in [1.165, 1.54) is 12.1 Å². The number of nitrogens with zero attached hydrogens (tertiary/aromatic N) is 4. The molecule has 0 fully saturated rings. The molecule has 0 amide bonds. The van der Waals surface area contributed by atoms with Gasteiger partial charge in [-0.3, -0.25) is 4.68 Å². The first-order valence-electron chi connectivity index (χ1n) is 9.45. The predicted molar refractivity (Wildman–Crippen MR) is 104 cm³/mol. The Bertz CT molecular complexity index is 1000. The number of benzene rings is 1. The molecule has 0 atom stereocenters. The van der Waals surface area contributed by atoms with Crippen molar-refractivity contribution in [3.8, 4) is 23.0 Å². The molecule has 3 aromatic rings. The highest BCUT2D eigenvalue weighted by Crippen LogP contribution is 2.35. The van der Waals surface area contributed by atoms with Gasteiger partial charge in [-0.15, -0.1) is 6.58 Å². The molecule has 5 nitrogen and oxygen atoms in total. The summed E-state index contributed by atoms with van der Waals surface area (Å²) in [5, 5.41) is 8.35. The van der Waals surface area contributed by atoms with Gasteiger partial charge in [0.2, 0.25) is 5.82 Å². The first kappa shape index (κ1) is 20.8. The maximum absolute atomic E-state index is 13.4. The summed E-state index contributed by atoms with van der Waals surface area (Å²) < 4.78 is 47.4. The van der Waals surface area contributed by atoms with Crippen molar-refractivity contribution >= 4 is 0 Å². The molecule has 1 aromatic carbocycles. The van der Waals surface area contributed by atoms with Gasteiger partial charge in [0, 0.05) is 17.8 Å². The lowest BCUT2D eigenvalue weighted by Crippen LogP contribution is -2.09. The second-order valence-corrected chi connectivity index (χ2v) is 7.22. The number of aromatic nitrogens is 4. The fourth-order valence-corrected chi connectivity index (χ4v) is 3.17. The van der Waals surface area contributed by atoms with Crippen LogP contribution in [0.3, 0.4) is 0 Å². The lowest BCUT2D eigenvalue weighted by atomic mass is 10.0. The molecule has 0 saturated carbocycles. The molecule has 8 heteroatoms. The fraction of sp³-hybridized carbons (Fsp3) is 0.381. The minimum Gasteiger partial charge on any atom is -0.332 e. The zero-order chi connectivity index (χ0) is 21.2. The molecule has 0 spiro atoms. The Hall–Kier alpha value is -2.90. The summed E-state index contributed by atoms with van der Waals surface area (Å²) in [6.45, 7) is 10.4. The molecule has 0 unspecified atom stereocenters. The molecular formula is C21H23F3N4O. The van der Waals surface area contributed by atoms with E-state index in [0.29, 0.717) is 18.2 Å². The Morgan fingerprint density at radius 2 is 2.00 bits per heavy atom. The lowest BCUT2D eigenvalue weighted by molar-refractivity contribution is -0.138. The van der Waals surface area contributed by atoms with Crippen LogP contribution in [-0.4, -0.2) is 19.9 Å². The van der Waals surface area contributed by atoms with E-state index in [2.05, 4.69) is 35.7 Å². The number of hydrogen-bond donors (Lipinski definition) is 0. The van der Waals surface area contributed by atoms with Crippen LogP contribution >= 0.6 is 0 Å². The first-order valence-corrected chi connectivity index (χ1v) is 9.45. The van der Waals surface area contributed by atoms with Crippen LogP contribution in [0.1, 0.15) is 37.6 Å². The van der Waals surface area contributed by atoms with Gasteiger partial charge in [-0.25, -0.2) is 0 Å². The van der Waals surface area contributed by atoms with Crippen LogP contribution in [0.4, 0.5) is 13.2 Å². The number of alkyl halides is 3. The monoisotopic (exact) mass is 404 g/mol. The average molecular weight is 404 g/mol. The second-order valence-electron chi connectivity index (χ2n) is 7.22. The molecule has 2 heterocycles. The smallest absolute Gasteiger partial charge is 0.332 e. The van der Waals surface area contributed by atoms with Gasteiger partial charge in [-0.1, -0.05) is 37.2 Å². The zero-order valence-corrected chi connectivity index (χ0v) is 16.6. The lowest BCUT2D eigenvalue weighted by Gasteiger charge is -2.12. The normalized spacial score (nSPS) is 12.0. The van der Waals surface area contributed by atoms with Gasteiger partial charge in [0.25, 0.3) is 5.89 Å². The molecule has 0 aliphatic carbocycles. The summed E-state index contributed by atoms with van der Waals surface area (Å²) in [6, 6.07) is 5.90. The van der Waals surface area contributed by atoms with Gasteiger partial charge in [-0.05, 0) is 43.4 Å². The third kappa shape index (κ3) is 4.58. The van der Waals surface area contributed by atoms with Crippen LogP contribution in [0.15, 0.2) is 41.4 Å². The van der Waals surface area contributed by atoms with Crippen LogP contribution in [0, 0.1) is 5.92 Å². The second kappa shape index (κ2) is 8.23. The molecule has 0 saturated heterocycles. The Labute approximate surface area is 167 Å². The molecule has 0 aliphatic rings. The highest BCUT2D eigenvalue weighted by Gasteiger charge is 2.33. The Morgan fingerprint density at radius 3 is 2.62 bits per heavy atom. The van der Waals surface area contributed by atoms with Crippen LogP contribution in [0.25, 0.3) is 23.0 Å². The van der Waals surface area contributed by atoms with E-state index in [0.717, 1.165) is 18.2 Å². The quantitative estimate of drug-likeness (QED) is 0.484. The molecule has 0 aliphatic heterocycles. The van der Waals surface area contributed by atoms with E-state index in [1.54, 1.807) is 6.07 Å². The fourth-order valence-electron chi connectivity index (χ4n) is 3.17. The largest absolute Gasteiger partial charge is 0.416 e. The average Bonchev–Trinajstić information content (AvgIpc) is 3.28. The molecular weight excluding hydrogens is 381 g/mol. The van der Waals surface area contributed by atoms with Crippen molar-refractivity contribution in [2.75, 3.05) is 0 Å². The third-order valence-electron chi connectivity index (χ3n) is 4.46. The standard InChI is InChI=1S/C21H23F3N4O/c1-5-7-14-8-9-15(11-17(14)21(22,23)24)19-25-20(29-27-19)18-12-16(10-13(3)4)28(6-2)26-18/h5,8-9,11-13H,1,6-7,10H2,2-4H3. The van der Waals surface area contributed by atoms with E-state index in [-0.39, 0.29) is 29.3 Å². The van der Waals surface area contributed by atoms with Crippen molar-refractivity contribution in [2.45, 2.75) is 46.3 Å². The van der Waals surface area contributed by atoms with E-state index < -0.39 is 11.7 Å². The van der Waals surface area contributed by atoms with E-state index in [9.17, 15) is 13.2 Å². The molecule has 0 N–H and O–H groups in total. The number of halogens is 3. The van der Waals surface area contributed by atoms with Crippen molar-refractivity contribution < 1.29 is 17.7 Å². The summed E-state index contributed by atoms with van der Waals surface area (Å²) in [4.78, 5) is 4.28. The SMILES string of the molecule is C=CCc1ccc(-c2noc(-c3cc(CC(C)C)n(CC)n3)n2)cc1C(F)(F)F. The summed E-state index contributed by atoms with van der Waals surface area (Å²) >= 11 is 0. The molecule has 29 heavy (non-hydrogen) atoms. The topological polar surface area (TPSA) is 56.7 Å². The predicted octanol–water partition coefficient (Wildman–Crippen LogP) is 5.57. The van der Waals surface area contributed by atoms with Gasteiger partial charge < -0.3 is 4.52 Å². The Morgan fingerprint density at radius 1 is 1.24 bits per heavy atom. The minimum absolute atomic E-state index is 0.0899. The molecule has 0 bridgehead atoms. The van der Waals surface area contributed by atoms with Gasteiger partial charge in [-0.2, -0.15) is 23.3 Å². The van der Waals surface area contributed by atoms with Crippen LogP contribution in [0.5, 0.6) is 0 Å². The van der Waals surface area contributed by atoms with Crippen molar-refractivity contribution in [1.82, 2.24) is 19.9 Å². The highest BCUT2D eigenvalue weighted by atomic mass is 19.4. The molecule has 2 aromatic heterocycles. The summed E-state index contributed by atoms with van der Waals surface area (Å²) in [5.74, 6) is 0.728. The zero-order valence-electron chi connectivity index (χ0n) is 16.6. The first-order chi connectivity index (χ1) is 13.7. The van der Waals surface area contributed by atoms with E-state index in [1.807, 2.05) is 17.7 Å². The number of aryl methyl sites for hydroxylation is 1. The highest BCUT2D eigenvalue weighted by molar-refractivity contribution is 5.60. The van der Waals surface area contributed by atoms with Crippen LogP contribution < -0.4 is 0 Å². The van der Waals surface area contributed by atoms with Crippen LogP contribution in [-0.2, 0) is 25.6 Å². The maximum atomic E-state index is 13.4. The number of hydrogen-bond acceptors (Lipinski definition) is 4. The summed E-state index contributed by atoms with van der Waals surface area (Å²) in [7, 11) is 0. The van der Waals surface area contributed by atoms with E-state index in [4.69, 9.17) is 4.52 Å². The molecule has 154 valence electrons. The molecule has 3 rings (SSSR count). The van der Waals surface area contributed by atoms with Gasteiger partial charge in [0.15, 0.2) is 5.69 Å². The summed E-state index contributed by atoms with van der Waals surface area (Å²) in [6.07, 6.45) is -2.07. The third-order valence-corrected chi connectivity index (χ3v) is 4.46. The van der Waals surface area contributed by atoms with Gasteiger partial charge in [0.05, 0.1) is 5.56 Å². The minimum atomic E-state index is -4.48. The maximum Gasteiger partial charge on any atom is 0.416 e. The van der Waals surface area contributed by atoms with Crippen molar-refractivity contribution in [1.29, 1.82) is 0 Å². The van der Waals surface area contributed by atoms with Crippen molar-refractivity contribution in [2.24, 2.45) is 5.92 Å². The Balaban J connectivity index is 1.96. The number of allylic oxidation sites excluding steroid dienone is 1. The van der Waals surface area contributed by atoms with Gasteiger partial charge in [0.1, 0.15) is 0 Å². The summed E-state index contributed by atoms with van der Waals surface area (Å²) in [5.41, 5.74) is 1.22. The number of rotatable bonds is 7. The van der Waals surface area contributed by atoms with E-state index >= 15 is 0 Å².